The van der Waals surface area contributed by atoms with E-state index in [-0.39, 0.29) is 12.1 Å². The molecule has 5 heteroatoms. The van der Waals surface area contributed by atoms with Gasteiger partial charge in [-0.3, -0.25) is 4.98 Å². The van der Waals surface area contributed by atoms with Crippen LogP contribution in [0.1, 0.15) is 44.1 Å². The van der Waals surface area contributed by atoms with Gasteiger partial charge in [0.2, 0.25) is 0 Å². The number of rotatable bonds is 6. The Labute approximate surface area is 138 Å². The van der Waals surface area contributed by atoms with Gasteiger partial charge < -0.3 is 15.0 Å². The molecule has 2 heterocycles. The number of nitrogens with zero attached hydrogens (tertiary/aromatic N) is 2. The molecule has 0 spiro atoms. The van der Waals surface area contributed by atoms with E-state index in [1.165, 1.54) is 25.7 Å². The molecule has 1 saturated heterocycles. The highest BCUT2D eigenvalue weighted by atomic mass is 16.5. The zero-order valence-electron chi connectivity index (χ0n) is 13.7. The van der Waals surface area contributed by atoms with Gasteiger partial charge >= 0.3 is 6.03 Å². The maximum absolute atomic E-state index is 12.6. The van der Waals surface area contributed by atoms with Crippen molar-refractivity contribution < 1.29 is 9.53 Å². The van der Waals surface area contributed by atoms with E-state index in [1.807, 2.05) is 23.2 Å². The highest BCUT2D eigenvalue weighted by Crippen LogP contribution is 2.23. The first-order valence-corrected chi connectivity index (χ1v) is 8.84. The topological polar surface area (TPSA) is 54.5 Å². The molecule has 126 valence electrons. The van der Waals surface area contributed by atoms with E-state index < -0.39 is 0 Å². The number of aromatic nitrogens is 1. The van der Waals surface area contributed by atoms with Gasteiger partial charge in [-0.25, -0.2) is 4.79 Å². The fraction of sp³-hybridized carbons (Fsp3) is 0.667. The Morgan fingerprint density at radius 1 is 1.30 bits per heavy atom. The van der Waals surface area contributed by atoms with Gasteiger partial charge in [0, 0.05) is 38.6 Å². The van der Waals surface area contributed by atoms with Crippen LogP contribution in [0.5, 0.6) is 0 Å². The van der Waals surface area contributed by atoms with Crippen LogP contribution in [-0.4, -0.2) is 41.7 Å². The van der Waals surface area contributed by atoms with Gasteiger partial charge in [0.25, 0.3) is 0 Å². The van der Waals surface area contributed by atoms with Crippen molar-refractivity contribution in [3.63, 3.8) is 0 Å². The zero-order chi connectivity index (χ0) is 15.9. The lowest BCUT2D eigenvalue weighted by molar-refractivity contribution is 0.0792. The molecule has 1 saturated carbocycles. The van der Waals surface area contributed by atoms with Crippen molar-refractivity contribution in [3.05, 3.63) is 30.1 Å². The Morgan fingerprint density at radius 2 is 2.17 bits per heavy atom. The van der Waals surface area contributed by atoms with E-state index in [9.17, 15) is 4.79 Å². The summed E-state index contributed by atoms with van der Waals surface area (Å²) in [6.07, 6.45) is 11.0. The van der Waals surface area contributed by atoms with E-state index in [0.29, 0.717) is 19.0 Å². The molecule has 1 aliphatic heterocycles. The van der Waals surface area contributed by atoms with E-state index >= 15 is 0 Å². The van der Waals surface area contributed by atoms with Crippen molar-refractivity contribution in [2.45, 2.75) is 51.2 Å². The summed E-state index contributed by atoms with van der Waals surface area (Å²) < 4.78 is 5.71. The Bertz CT molecular complexity index is 482. The fourth-order valence-corrected chi connectivity index (χ4v) is 3.52. The van der Waals surface area contributed by atoms with Crippen molar-refractivity contribution in [3.8, 4) is 0 Å². The molecule has 0 aromatic carbocycles. The second kappa shape index (κ2) is 8.29. The number of urea groups is 1. The summed E-state index contributed by atoms with van der Waals surface area (Å²) in [6.45, 7) is 2.86. The summed E-state index contributed by atoms with van der Waals surface area (Å²) in [4.78, 5) is 18.7. The van der Waals surface area contributed by atoms with Gasteiger partial charge in [0.05, 0.1) is 6.10 Å². The Morgan fingerprint density at radius 3 is 2.87 bits per heavy atom. The third kappa shape index (κ3) is 4.93. The zero-order valence-corrected chi connectivity index (χ0v) is 13.7. The number of nitrogens with one attached hydrogen (secondary N) is 1. The van der Waals surface area contributed by atoms with E-state index in [0.717, 1.165) is 31.6 Å². The molecular formula is C18H27N3O2. The van der Waals surface area contributed by atoms with E-state index in [4.69, 9.17) is 4.74 Å². The summed E-state index contributed by atoms with van der Waals surface area (Å²) in [5.41, 5.74) is 1.06. The summed E-state index contributed by atoms with van der Waals surface area (Å²) in [5.74, 6) is 0.655. The molecule has 1 atom stereocenters. The van der Waals surface area contributed by atoms with Crippen LogP contribution in [0.15, 0.2) is 24.5 Å². The molecule has 5 nitrogen and oxygen atoms in total. The van der Waals surface area contributed by atoms with Crippen LogP contribution in [0.2, 0.25) is 0 Å². The molecule has 2 fully saturated rings. The van der Waals surface area contributed by atoms with E-state index in [2.05, 4.69) is 10.3 Å². The molecule has 3 rings (SSSR count). The summed E-state index contributed by atoms with van der Waals surface area (Å²) in [5, 5.41) is 3.13. The molecule has 1 aliphatic carbocycles. The average molecular weight is 317 g/mol. The van der Waals surface area contributed by atoms with Gasteiger partial charge in [0.15, 0.2) is 0 Å². The number of carbonyl (C=O) groups is 1. The maximum Gasteiger partial charge on any atom is 0.317 e. The summed E-state index contributed by atoms with van der Waals surface area (Å²) in [6, 6.07) is 3.95. The van der Waals surface area contributed by atoms with Crippen molar-refractivity contribution in [1.29, 1.82) is 0 Å². The molecule has 0 unspecified atom stereocenters. The van der Waals surface area contributed by atoms with Gasteiger partial charge in [-0.2, -0.15) is 0 Å². The van der Waals surface area contributed by atoms with E-state index in [1.54, 1.807) is 6.20 Å². The first kappa shape index (κ1) is 16.2. The minimum atomic E-state index is 0.0243. The van der Waals surface area contributed by atoms with Crippen molar-refractivity contribution in [2.75, 3.05) is 19.7 Å². The second-order valence-corrected chi connectivity index (χ2v) is 6.71. The average Bonchev–Trinajstić information content (AvgIpc) is 3.26. The van der Waals surface area contributed by atoms with Crippen LogP contribution >= 0.6 is 0 Å². The van der Waals surface area contributed by atoms with Crippen molar-refractivity contribution in [1.82, 2.24) is 15.2 Å². The molecule has 1 aromatic rings. The Balaban J connectivity index is 1.57. The smallest absolute Gasteiger partial charge is 0.317 e. The molecule has 23 heavy (non-hydrogen) atoms. The summed E-state index contributed by atoms with van der Waals surface area (Å²) >= 11 is 0. The van der Waals surface area contributed by atoms with Crippen LogP contribution in [-0.2, 0) is 11.3 Å². The highest BCUT2D eigenvalue weighted by molar-refractivity contribution is 5.74. The van der Waals surface area contributed by atoms with Crippen LogP contribution in [0.3, 0.4) is 0 Å². The van der Waals surface area contributed by atoms with Crippen LogP contribution < -0.4 is 5.32 Å². The van der Waals surface area contributed by atoms with Crippen LogP contribution in [0, 0.1) is 5.92 Å². The molecule has 1 aromatic heterocycles. The Hall–Kier alpha value is -1.62. The largest absolute Gasteiger partial charge is 0.376 e. The molecule has 2 amide bonds. The molecule has 0 bridgehead atoms. The third-order valence-electron chi connectivity index (χ3n) is 4.85. The second-order valence-electron chi connectivity index (χ2n) is 6.71. The SMILES string of the molecule is O=C(NCC1CCCC1)N(Cc1cccnc1)C[C@@H]1CCCO1. The normalized spacial score (nSPS) is 21.5. The minimum Gasteiger partial charge on any atom is -0.376 e. The monoisotopic (exact) mass is 317 g/mol. The lowest BCUT2D eigenvalue weighted by atomic mass is 10.1. The predicted octanol–water partition coefficient (Wildman–Crippen LogP) is 2.96. The van der Waals surface area contributed by atoms with Crippen LogP contribution in [0.4, 0.5) is 4.79 Å². The predicted molar refractivity (Wildman–Crippen MR) is 89.0 cm³/mol. The maximum atomic E-state index is 12.6. The number of hydrogen-bond acceptors (Lipinski definition) is 3. The lowest BCUT2D eigenvalue weighted by Gasteiger charge is -2.26. The van der Waals surface area contributed by atoms with Gasteiger partial charge in [-0.15, -0.1) is 0 Å². The van der Waals surface area contributed by atoms with Gasteiger partial charge in [0.1, 0.15) is 0 Å². The van der Waals surface area contributed by atoms with Crippen molar-refractivity contribution in [2.24, 2.45) is 5.92 Å². The molecule has 1 N–H and O–H groups in total. The lowest BCUT2D eigenvalue weighted by Crippen LogP contribution is -2.44. The Kier molecular flexibility index (Phi) is 5.86. The van der Waals surface area contributed by atoms with Crippen LogP contribution in [0.25, 0.3) is 0 Å². The number of hydrogen-bond donors (Lipinski definition) is 1. The first-order chi connectivity index (χ1) is 11.3. The molecule has 2 aliphatic rings. The first-order valence-electron chi connectivity index (χ1n) is 8.84. The van der Waals surface area contributed by atoms with Crippen molar-refractivity contribution >= 4 is 6.03 Å². The standard InChI is InChI=1S/C18H27N3O2/c22-18(20-12-15-5-1-2-6-15)21(14-17-8-4-10-23-17)13-16-7-3-9-19-11-16/h3,7,9,11,15,17H,1-2,4-6,8,10,12-14H2,(H,20,22)/t17-/m0/s1. The van der Waals surface area contributed by atoms with Gasteiger partial charge in [-0.1, -0.05) is 18.9 Å². The third-order valence-corrected chi connectivity index (χ3v) is 4.85. The number of pyridine rings is 1. The number of carbonyl (C=O) groups excluding carboxylic acids is 1. The summed E-state index contributed by atoms with van der Waals surface area (Å²) in [7, 11) is 0. The molecule has 0 radical (unpaired) electrons. The molecular weight excluding hydrogens is 290 g/mol. The highest BCUT2D eigenvalue weighted by Gasteiger charge is 2.24. The fourth-order valence-electron chi connectivity index (χ4n) is 3.52. The number of amides is 2. The minimum absolute atomic E-state index is 0.0243. The number of ether oxygens (including phenoxy) is 1. The van der Waals surface area contributed by atoms with Gasteiger partial charge in [-0.05, 0) is 43.2 Å². The quantitative estimate of drug-likeness (QED) is 0.877.